The lowest BCUT2D eigenvalue weighted by atomic mass is 10.1. The number of sulfonamides is 1. The lowest BCUT2D eigenvalue weighted by Crippen LogP contribution is -2.57. The van der Waals surface area contributed by atoms with Crippen molar-refractivity contribution in [2.24, 2.45) is 11.7 Å². The lowest BCUT2D eigenvalue weighted by Gasteiger charge is -2.28. The molecule has 1 saturated heterocycles. The monoisotopic (exact) mass is 678 g/mol. The van der Waals surface area contributed by atoms with Crippen LogP contribution in [-0.4, -0.2) is 76.5 Å². The molecule has 14 heteroatoms. The van der Waals surface area contributed by atoms with E-state index in [1.165, 1.54) is 16.2 Å². The molecule has 47 heavy (non-hydrogen) atoms. The summed E-state index contributed by atoms with van der Waals surface area (Å²) in [5.74, 6) is -1.74. The van der Waals surface area contributed by atoms with Gasteiger partial charge in [0.15, 0.2) is 0 Å². The number of nitrogens with zero attached hydrogens (tertiary/aromatic N) is 3. The van der Waals surface area contributed by atoms with Crippen LogP contribution >= 0.6 is 11.3 Å². The number of fused-ring (bicyclic) bond motifs is 3. The summed E-state index contributed by atoms with van der Waals surface area (Å²) < 4.78 is 34.1. The maximum atomic E-state index is 14.1. The van der Waals surface area contributed by atoms with E-state index in [1.807, 2.05) is 53.9 Å². The second-order valence-electron chi connectivity index (χ2n) is 12.9. The maximum Gasteiger partial charge on any atom is 0.259 e. The molecule has 3 fully saturated rings. The van der Waals surface area contributed by atoms with E-state index in [-0.39, 0.29) is 31.2 Å². The minimum atomic E-state index is -3.83. The number of hydrogen-bond acceptors (Lipinski definition) is 10. The first-order valence-corrected chi connectivity index (χ1v) is 18.7. The van der Waals surface area contributed by atoms with Crippen molar-refractivity contribution < 1.29 is 27.5 Å². The fraction of sp³-hybridized carbons (Fsp3) is 0.485. The largest absolute Gasteiger partial charge is 0.471 e. The van der Waals surface area contributed by atoms with Gasteiger partial charge >= 0.3 is 0 Å². The van der Waals surface area contributed by atoms with Crippen LogP contribution in [0.2, 0.25) is 0 Å². The van der Waals surface area contributed by atoms with E-state index in [2.05, 4.69) is 10.0 Å². The number of hydrogen-bond donors (Lipinski definition) is 3. The summed E-state index contributed by atoms with van der Waals surface area (Å²) >= 11 is 1.50. The van der Waals surface area contributed by atoms with E-state index in [0.717, 1.165) is 30.6 Å². The van der Waals surface area contributed by atoms with Crippen LogP contribution in [0.1, 0.15) is 57.8 Å². The number of allylic oxidation sites excluding steroid dienone is 1. The third kappa shape index (κ3) is 6.50. The van der Waals surface area contributed by atoms with Crippen LogP contribution in [0.25, 0.3) is 21.6 Å². The third-order valence-electron chi connectivity index (χ3n) is 9.46. The molecule has 5 atom stereocenters. The van der Waals surface area contributed by atoms with Crippen LogP contribution < -0.4 is 20.5 Å². The van der Waals surface area contributed by atoms with Crippen LogP contribution in [0.5, 0.6) is 5.88 Å². The molecular formula is C33H38N6O6S2. The second kappa shape index (κ2) is 12.6. The molecule has 0 radical (unpaired) electrons. The molecule has 2 saturated carbocycles. The van der Waals surface area contributed by atoms with Crippen molar-refractivity contribution in [1.29, 1.82) is 0 Å². The molecule has 1 unspecified atom stereocenters. The summed E-state index contributed by atoms with van der Waals surface area (Å²) in [6.45, 7) is 0.0849. The SMILES string of the molecule is N[C@H]1CCCCC/C=C\C2C[C@@]2(C(=O)NS(=O)(=O)C2CC2)NC(=O)[C@@H]2C[C@@H](Oc3nc4ccccc4nc3-c3cccs3)CN2C1=O. The maximum absolute atomic E-state index is 14.1. The van der Waals surface area contributed by atoms with Crippen molar-refractivity contribution in [3.8, 4) is 16.5 Å². The smallest absolute Gasteiger partial charge is 0.259 e. The van der Waals surface area contributed by atoms with Crippen molar-refractivity contribution in [2.75, 3.05) is 6.54 Å². The summed E-state index contributed by atoms with van der Waals surface area (Å²) in [7, 11) is -3.83. The van der Waals surface area contributed by atoms with Gasteiger partial charge in [-0.15, -0.1) is 11.3 Å². The Morgan fingerprint density at radius 3 is 2.60 bits per heavy atom. The minimum absolute atomic E-state index is 0.0849. The topological polar surface area (TPSA) is 174 Å². The van der Waals surface area contributed by atoms with Gasteiger partial charge in [0.1, 0.15) is 23.4 Å². The number of thiophene rings is 1. The molecule has 248 valence electrons. The molecular weight excluding hydrogens is 641 g/mol. The van der Waals surface area contributed by atoms with Gasteiger partial charge in [0.25, 0.3) is 5.91 Å². The zero-order valence-electron chi connectivity index (χ0n) is 25.8. The molecule has 4 aliphatic rings. The highest BCUT2D eigenvalue weighted by atomic mass is 32.2. The minimum Gasteiger partial charge on any atom is -0.471 e. The number of ether oxygens (including phenoxy) is 1. The van der Waals surface area contributed by atoms with Gasteiger partial charge in [-0.2, -0.15) is 0 Å². The van der Waals surface area contributed by atoms with Crippen molar-refractivity contribution in [1.82, 2.24) is 24.9 Å². The van der Waals surface area contributed by atoms with Gasteiger partial charge in [-0.3, -0.25) is 19.1 Å². The Labute approximate surface area is 277 Å². The molecule has 2 aliphatic heterocycles. The number of benzene rings is 1. The molecule has 0 spiro atoms. The molecule has 2 aromatic heterocycles. The molecule has 12 nitrogen and oxygen atoms in total. The quantitative estimate of drug-likeness (QED) is 0.331. The first kappa shape index (κ1) is 31.7. The lowest BCUT2D eigenvalue weighted by molar-refractivity contribution is -0.140. The van der Waals surface area contributed by atoms with Gasteiger partial charge < -0.3 is 20.7 Å². The zero-order valence-corrected chi connectivity index (χ0v) is 27.5. The number of nitrogens with two attached hydrogens (primary N) is 1. The Kier molecular flexibility index (Phi) is 8.51. The summed E-state index contributed by atoms with van der Waals surface area (Å²) in [6, 6.07) is 9.53. The molecule has 0 bridgehead atoms. The first-order chi connectivity index (χ1) is 22.6. The average molecular weight is 679 g/mol. The van der Waals surface area contributed by atoms with Crippen LogP contribution in [0.4, 0.5) is 0 Å². The fourth-order valence-corrected chi connectivity index (χ4v) is 8.61. The third-order valence-corrected chi connectivity index (χ3v) is 12.2. The van der Waals surface area contributed by atoms with E-state index < -0.39 is 50.8 Å². The Bertz CT molecular complexity index is 1830. The number of aromatic nitrogens is 2. The number of amides is 3. The predicted molar refractivity (Wildman–Crippen MR) is 177 cm³/mol. The van der Waals surface area contributed by atoms with Crippen LogP contribution in [-0.2, 0) is 24.4 Å². The van der Waals surface area contributed by atoms with Crippen LogP contribution in [0.15, 0.2) is 53.9 Å². The number of rotatable bonds is 6. The summed E-state index contributed by atoms with van der Waals surface area (Å²) in [4.78, 5) is 53.3. The van der Waals surface area contributed by atoms with Crippen molar-refractivity contribution in [3.63, 3.8) is 0 Å². The number of carbonyl (C=O) groups is 3. The molecule has 1 aromatic carbocycles. The number of carbonyl (C=O) groups excluding carboxylic acids is 3. The highest BCUT2D eigenvalue weighted by Gasteiger charge is 2.62. The summed E-state index contributed by atoms with van der Waals surface area (Å²) in [5.41, 5.74) is 6.89. The number of nitrogens with one attached hydrogen (secondary N) is 2. The van der Waals surface area contributed by atoms with E-state index in [1.54, 1.807) is 0 Å². The molecule has 3 amide bonds. The van der Waals surface area contributed by atoms with Gasteiger partial charge in [0, 0.05) is 12.3 Å². The Morgan fingerprint density at radius 1 is 1.06 bits per heavy atom. The zero-order chi connectivity index (χ0) is 32.8. The highest BCUT2D eigenvalue weighted by molar-refractivity contribution is 7.91. The van der Waals surface area contributed by atoms with Gasteiger partial charge in [0.2, 0.25) is 27.7 Å². The van der Waals surface area contributed by atoms with Crippen LogP contribution in [0.3, 0.4) is 0 Å². The Balaban J connectivity index is 1.18. The van der Waals surface area contributed by atoms with E-state index in [4.69, 9.17) is 20.4 Å². The molecule has 3 aromatic rings. The molecule has 2 aliphatic carbocycles. The van der Waals surface area contributed by atoms with Crippen molar-refractivity contribution >= 4 is 50.1 Å². The Hall–Kier alpha value is -3.88. The normalized spacial score (nSPS) is 29.2. The van der Waals surface area contributed by atoms with Gasteiger partial charge in [-0.25, -0.2) is 18.4 Å². The fourth-order valence-electron chi connectivity index (χ4n) is 6.54. The van der Waals surface area contributed by atoms with Gasteiger partial charge in [-0.1, -0.05) is 43.2 Å². The Morgan fingerprint density at radius 2 is 1.85 bits per heavy atom. The standard InChI is InChI=1S/C33H38N6O6S2/c34-23-10-5-3-1-2-4-9-20-18-33(20,32(42)38-47(43,44)22-14-15-22)37-29(40)26-17-21(19-39(26)31(23)41)45-30-28(27-13-8-16-46-27)35-24-11-6-7-12-25(24)36-30/h4,6-9,11-13,16,20-23,26H,1-3,5,10,14-15,17-19,34H2,(H,37,40)(H,38,42)/b9-4-/t20?,21-,23+,26+,33-/m1/s1. The van der Waals surface area contributed by atoms with Gasteiger partial charge in [0.05, 0.1) is 33.7 Å². The first-order valence-electron chi connectivity index (χ1n) is 16.2. The van der Waals surface area contributed by atoms with Gasteiger partial charge in [-0.05, 0) is 62.1 Å². The van der Waals surface area contributed by atoms with E-state index in [0.29, 0.717) is 41.9 Å². The average Bonchev–Trinajstić information content (AvgIpc) is 3.92. The highest BCUT2D eigenvalue weighted by Crippen LogP contribution is 2.46. The predicted octanol–water partition coefficient (Wildman–Crippen LogP) is 3.04. The van der Waals surface area contributed by atoms with E-state index >= 15 is 0 Å². The molecule has 7 rings (SSSR count). The summed E-state index contributed by atoms with van der Waals surface area (Å²) in [5, 5.41) is 4.23. The van der Waals surface area contributed by atoms with Crippen molar-refractivity contribution in [3.05, 3.63) is 53.9 Å². The van der Waals surface area contributed by atoms with Crippen molar-refractivity contribution in [2.45, 2.75) is 86.8 Å². The van der Waals surface area contributed by atoms with E-state index in [9.17, 15) is 22.8 Å². The second-order valence-corrected chi connectivity index (χ2v) is 15.9. The van der Waals surface area contributed by atoms with Crippen LogP contribution in [0, 0.1) is 5.92 Å². The number of para-hydroxylation sites is 2. The molecule has 4 N–H and O–H groups in total. The molecule has 4 heterocycles. The summed E-state index contributed by atoms with van der Waals surface area (Å²) in [6.07, 6.45) is 8.41.